The maximum absolute atomic E-state index is 11.4. The van der Waals surface area contributed by atoms with Crippen molar-refractivity contribution in [2.45, 2.75) is 26.7 Å². The number of esters is 1. The van der Waals surface area contributed by atoms with E-state index >= 15 is 0 Å². The van der Waals surface area contributed by atoms with Gasteiger partial charge in [-0.2, -0.15) is 0 Å². The second kappa shape index (κ2) is 7.47. The van der Waals surface area contributed by atoms with Crippen LogP contribution in [0.2, 0.25) is 0 Å². The molecule has 1 aromatic rings. The Hall–Kier alpha value is -2.11. The summed E-state index contributed by atoms with van der Waals surface area (Å²) in [6.45, 7) is 4.22. The Kier molecular flexibility index (Phi) is 5.96. The van der Waals surface area contributed by atoms with Gasteiger partial charge in [-0.1, -0.05) is 13.3 Å². The van der Waals surface area contributed by atoms with E-state index in [-0.39, 0.29) is 12.3 Å². The third kappa shape index (κ3) is 4.53. The third-order valence-electron chi connectivity index (χ3n) is 3.10. The number of anilines is 1. The summed E-state index contributed by atoms with van der Waals surface area (Å²) in [5, 5.41) is 11.9. The first-order valence-corrected chi connectivity index (χ1v) is 6.49. The fraction of sp³-hybridized carbons (Fsp3) is 0.500. The fourth-order valence-electron chi connectivity index (χ4n) is 1.84. The molecule has 0 aliphatic carbocycles. The maximum atomic E-state index is 11.4. The molecule has 6 heteroatoms. The zero-order valence-electron chi connectivity index (χ0n) is 12.0. The monoisotopic (exact) mass is 280 g/mol. The van der Waals surface area contributed by atoms with Gasteiger partial charge in [-0.15, -0.1) is 0 Å². The van der Waals surface area contributed by atoms with Crippen molar-refractivity contribution in [3.8, 4) is 0 Å². The summed E-state index contributed by atoms with van der Waals surface area (Å²) >= 11 is 0. The number of carbonyl (C=O) groups is 2. The number of hydrogen-bond acceptors (Lipinski definition) is 5. The molecule has 0 saturated heterocycles. The van der Waals surface area contributed by atoms with E-state index in [9.17, 15) is 9.59 Å². The predicted molar refractivity (Wildman–Crippen MR) is 74.8 cm³/mol. The van der Waals surface area contributed by atoms with Crippen LogP contribution in [0, 0.1) is 12.8 Å². The van der Waals surface area contributed by atoms with Crippen molar-refractivity contribution in [1.82, 2.24) is 4.98 Å². The number of aliphatic carboxylic acids is 1. The van der Waals surface area contributed by atoms with Crippen LogP contribution >= 0.6 is 0 Å². The van der Waals surface area contributed by atoms with Gasteiger partial charge in [-0.05, 0) is 25.0 Å². The summed E-state index contributed by atoms with van der Waals surface area (Å²) in [5.41, 5.74) is 1.00. The first-order valence-electron chi connectivity index (χ1n) is 6.49. The maximum Gasteiger partial charge on any atom is 0.339 e. The number of aromatic nitrogens is 1. The number of hydrogen-bond donors (Lipinski definition) is 2. The molecule has 110 valence electrons. The van der Waals surface area contributed by atoms with Crippen LogP contribution in [0.5, 0.6) is 0 Å². The van der Waals surface area contributed by atoms with Crippen molar-refractivity contribution < 1.29 is 19.4 Å². The first-order chi connectivity index (χ1) is 9.47. The number of methoxy groups -OCH3 is 1. The molecule has 6 nitrogen and oxygen atoms in total. The van der Waals surface area contributed by atoms with Crippen molar-refractivity contribution in [1.29, 1.82) is 0 Å². The number of carboxylic acid groups (broad SMARTS) is 1. The van der Waals surface area contributed by atoms with Crippen molar-refractivity contribution in [3.63, 3.8) is 0 Å². The van der Waals surface area contributed by atoms with Gasteiger partial charge in [0.1, 0.15) is 5.82 Å². The highest BCUT2D eigenvalue weighted by Gasteiger charge is 2.13. The molecule has 0 aromatic carbocycles. The van der Waals surface area contributed by atoms with E-state index in [2.05, 4.69) is 15.0 Å². The van der Waals surface area contributed by atoms with Gasteiger partial charge in [0.25, 0.3) is 0 Å². The molecule has 1 rings (SSSR count). The summed E-state index contributed by atoms with van der Waals surface area (Å²) < 4.78 is 4.65. The van der Waals surface area contributed by atoms with Crippen molar-refractivity contribution >= 4 is 17.8 Å². The molecule has 1 unspecified atom stereocenters. The molecule has 20 heavy (non-hydrogen) atoms. The summed E-state index contributed by atoms with van der Waals surface area (Å²) in [4.78, 5) is 26.4. The van der Waals surface area contributed by atoms with Crippen molar-refractivity contribution in [3.05, 3.63) is 23.4 Å². The molecular weight excluding hydrogens is 260 g/mol. The lowest BCUT2D eigenvalue weighted by Crippen LogP contribution is -2.18. The fourth-order valence-corrected chi connectivity index (χ4v) is 1.84. The van der Waals surface area contributed by atoms with Crippen LogP contribution in [-0.4, -0.2) is 35.7 Å². The Balaban J connectivity index is 2.67. The predicted octanol–water partition coefficient (Wildman–Crippen LogP) is 2.09. The van der Waals surface area contributed by atoms with Gasteiger partial charge >= 0.3 is 11.9 Å². The van der Waals surface area contributed by atoms with E-state index < -0.39 is 11.9 Å². The van der Waals surface area contributed by atoms with Crippen LogP contribution in [0.3, 0.4) is 0 Å². The highest BCUT2D eigenvalue weighted by atomic mass is 16.5. The van der Waals surface area contributed by atoms with Gasteiger partial charge in [0.05, 0.1) is 18.4 Å². The minimum Gasteiger partial charge on any atom is -0.481 e. The number of pyridine rings is 1. The molecule has 1 heterocycles. The molecule has 0 saturated carbocycles. The number of ether oxygens (including phenoxy) is 1. The van der Waals surface area contributed by atoms with Crippen LogP contribution in [0.15, 0.2) is 12.1 Å². The molecule has 0 fully saturated rings. The second-order valence-electron chi connectivity index (χ2n) is 4.57. The summed E-state index contributed by atoms with van der Waals surface area (Å²) in [6, 6.07) is 3.33. The summed E-state index contributed by atoms with van der Waals surface area (Å²) in [7, 11) is 1.33. The van der Waals surface area contributed by atoms with Gasteiger partial charge in [-0.3, -0.25) is 4.79 Å². The number of rotatable bonds is 7. The zero-order valence-corrected chi connectivity index (χ0v) is 12.0. The molecule has 2 N–H and O–H groups in total. The molecule has 0 aliphatic rings. The van der Waals surface area contributed by atoms with Gasteiger partial charge in [-0.25, -0.2) is 9.78 Å². The molecular formula is C14H20N2O4. The molecule has 1 atom stereocenters. The second-order valence-corrected chi connectivity index (χ2v) is 4.57. The Morgan fingerprint density at radius 3 is 2.65 bits per heavy atom. The number of carbonyl (C=O) groups excluding carboxylic acids is 1. The summed E-state index contributed by atoms with van der Waals surface area (Å²) in [6.07, 6.45) is 0.904. The smallest absolute Gasteiger partial charge is 0.339 e. The van der Waals surface area contributed by atoms with Crippen LogP contribution in [0.4, 0.5) is 5.82 Å². The normalized spacial score (nSPS) is 11.8. The van der Waals surface area contributed by atoms with E-state index in [0.717, 1.165) is 6.42 Å². The number of carboxylic acids is 1. The zero-order chi connectivity index (χ0) is 15.1. The Bertz CT molecular complexity index is 488. The lowest BCUT2D eigenvalue weighted by molar-refractivity contribution is -0.138. The van der Waals surface area contributed by atoms with Crippen LogP contribution in [0.1, 0.15) is 35.8 Å². The van der Waals surface area contributed by atoms with Crippen molar-refractivity contribution in [2.24, 2.45) is 5.92 Å². The average Bonchev–Trinajstić information content (AvgIpc) is 2.42. The van der Waals surface area contributed by atoms with E-state index in [1.165, 1.54) is 7.11 Å². The van der Waals surface area contributed by atoms with Gasteiger partial charge in [0.2, 0.25) is 0 Å². The van der Waals surface area contributed by atoms with E-state index in [1.807, 2.05) is 6.92 Å². The largest absolute Gasteiger partial charge is 0.481 e. The minimum absolute atomic E-state index is 0.0508. The molecule has 0 amide bonds. The van der Waals surface area contributed by atoms with Crippen LogP contribution in [-0.2, 0) is 9.53 Å². The van der Waals surface area contributed by atoms with Gasteiger partial charge < -0.3 is 15.2 Å². The van der Waals surface area contributed by atoms with Gasteiger partial charge in [0.15, 0.2) is 0 Å². The molecule has 0 radical (unpaired) electrons. The van der Waals surface area contributed by atoms with Crippen LogP contribution in [0.25, 0.3) is 0 Å². The van der Waals surface area contributed by atoms with E-state index in [4.69, 9.17) is 5.11 Å². The molecule has 0 spiro atoms. The minimum atomic E-state index is -0.802. The first kappa shape index (κ1) is 15.9. The number of aryl methyl sites for hydroxylation is 1. The average molecular weight is 280 g/mol. The van der Waals surface area contributed by atoms with Gasteiger partial charge in [0, 0.05) is 13.0 Å². The molecule has 0 bridgehead atoms. The molecule has 0 aliphatic heterocycles. The van der Waals surface area contributed by atoms with E-state index in [1.54, 1.807) is 19.1 Å². The quantitative estimate of drug-likeness (QED) is 0.743. The Labute approximate surface area is 118 Å². The lowest BCUT2D eigenvalue weighted by atomic mass is 10.0. The highest BCUT2D eigenvalue weighted by molar-refractivity contribution is 5.90. The lowest BCUT2D eigenvalue weighted by Gasteiger charge is -2.14. The standard InChI is InChI=1S/C14H20N2O4/c1-4-10(7-13(17)18)8-15-12-6-5-11(9(2)16-12)14(19)20-3/h5-6,10H,4,7-8H2,1-3H3,(H,15,16)(H,17,18). The van der Waals surface area contributed by atoms with E-state index in [0.29, 0.717) is 23.6 Å². The Morgan fingerprint density at radius 2 is 2.15 bits per heavy atom. The topological polar surface area (TPSA) is 88.5 Å². The van der Waals surface area contributed by atoms with Crippen molar-refractivity contribution in [2.75, 3.05) is 19.0 Å². The molecule has 1 aromatic heterocycles. The SMILES string of the molecule is CCC(CNc1ccc(C(=O)OC)c(C)n1)CC(=O)O. The summed E-state index contributed by atoms with van der Waals surface area (Å²) in [5.74, 6) is -0.545. The third-order valence-corrected chi connectivity index (χ3v) is 3.10. The Morgan fingerprint density at radius 1 is 1.45 bits per heavy atom. The van der Waals surface area contributed by atoms with Crippen LogP contribution < -0.4 is 5.32 Å². The highest BCUT2D eigenvalue weighted by Crippen LogP contribution is 2.14. The number of nitrogens with zero attached hydrogens (tertiary/aromatic N) is 1. The number of nitrogens with one attached hydrogen (secondary N) is 1.